The van der Waals surface area contributed by atoms with Gasteiger partial charge in [0.2, 0.25) is 5.91 Å². The Morgan fingerprint density at radius 3 is 2.46 bits per heavy atom. The summed E-state index contributed by atoms with van der Waals surface area (Å²) in [6.45, 7) is 1.22. The van der Waals surface area contributed by atoms with Gasteiger partial charge >= 0.3 is 6.03 Å². The van der Waals surface area contributed by atoms with Crippen LogP contribution in [0.15, 0.2) is 48.5 Å². The summed E-state index contributed by atoms with van der Waals surface area (Å²) in [6.07, 6.45) is 0. The minimum Gasteiger partial charge on any atom is -0.323 e. The van der Waals surface area contributed by atoms with Crippen LogP contribution in [0.25, 0.3) is 0 Å². The van der Waals surface area contributed by atoms with Crippen LogP contribution in [0, 0.1) is 0 Å². The number of nitrogens with zero attached hydrogens (tertiary/aromatic N) is 2. The molecule has 1 saturated heterocycles. The van der Waals surface area contributed by atoms with E-state index < -0.39 is 30.4 Å². The molecule has 1 unspecified atom stereocenters. The molecular weight excluding hydrogens is 377 g/mol. The van der Waals surface area contributed by atoms with Crippen LogP contribution >= 0.6 is 23.2 Å². The first-order valence-electron chi connectivity index (χ1n) is 7.83. The van der Waals surface area contributed by atoms with Gasteiger partial charge in [0.25, 0.3) is 5.91 Å². The summed E-state index contributed by atoms with van der Waals surface area (Å²) < 4.78 is 0. The molecule has 1 aliphatic rings. The van der Waals surface area contributed by atoms with E-state index in [9.17, 15) is 14.4 Å². The SMILES string of the molecule is CC1C(=O)N(CC(=O)Nc2cccc(Cl)c2Cl)C(=O)N1c1ccccc1. The van der Waals surface area contributed by atoms with E-state index in [0.717, 1.165) is 4.90 Å². The molecule has 1 atom stereocenters. The zero-order chi connectivity index (χ0) is 18.8. The minimum absolute atomic E-state index is 0.195. The van der Waals surface area contributed by atoms with Crippen molar-refractivity contribution in [3.63, 3.8) is 0 Å². The topological polar surface area (TPSA) is 69.7 Å². The van der Waals surface area contributed by atoms with Gasteiger partial charge in [0.15, 0.2) is 0 Å². The third-order valence-electron chi connectivity index (χ3n) is 4.01. The van der Waals surface area contributed by atoms with E-state index in [2.05, 4.69) is 5.32 Å². The number of urea groups is 1. The lowest BCUT2D eigenvalue weighted by Gasteiger charge is -2.19. The first-order valence-corrected chi connectivity index (χ1v) is 8.59. The molecule has 8 heteroatoms. The fourth-order valence-corrected chi connectivity index (χ4v) is 3.08. The lowest BCUT2D eigenvalue weighted by atomic mass is 10.2. The summed E-state index contributed by atoms with van der Waals surface area (Å²) in [4.78, 5) is 39.7. The molecule has 1 heterocycles. The van der Waals surface area contributed by atoms with E-state index >= 15 is 0 Å². The molecule has 26 heavy (non-hydrogen) atoms. The number of amides is 4. The normalized spacial score (nSPS) is 17.0. The van der Waals surface area contributed by atoms with Crippen LogP contribution in [0.3, 0.4) is 0 Å². The number of anilines is 2. The number of carbonyl (C=O) groups is 3. The Bertz CT molecular complexity index is 873. The zero-order valence-electron chi connectivity index (χ0n) is 13.8. The zero-order valence-corrected chi connectivity index (χ0v) is 15.3. The van der Waals surface area contributed by atoms with Crippen molar-refractivity contribution in [1.29, 1.82) is 0 Å². The first kappa shape index (κ1) is 18.2. The third kappa shape index (κ3) is 3.38. The fourth-order valence-electron chi connectivity index (χ4n) is 2.73. The van der Waals surface area contributed by atoms with Gasteiger partial charge in [-0.3, -0.25) is 19.4 Å². The van der Waals surface area contributed by atoms with Gasteiger partial charge in [-0.15, -0.1) is 0 Å². The standard InChI is InChI=1S/C18H15Cl2N3O3/c1-11-17(25)22(18(26)23(11)12-6-3-2-4-7-12)10-15(24)21-14-9-5-8-13(19)16(14)20/h2-9,11H,10H2,1H3,(H,21,24). The van der Waals surface area contributed by atoms with Crippen LogP contribution in [-0.2, 0) is 9.59 Å². The molecule has 2 aromatic rings. The average molecular weight is 392 g/mol. The molecule has 1 fully saturated rings. The fraction of sp³-hybridized carbons (Fsp3) is 0.167. The predicted octanol–water partition coefficient (Wildman–Crippen LogP) is 3.79. The molecule has 1 N–H and O–H groups in total. The third-order valence-corrected chi connectivity index (χ3v) is 4.83. The number of rotatable bonds is 4. The molecule has 0 spiro atoms. The summed E-state index contributed by atoms with van der Waals surface area (Å²) in [7, 11) is 0. The second-order valence-electron chi connectivity index (χ2n) is 5.74. The van der Waals surface area contributed by atoms with Gasteiger partial charge in [0, 0.05) is 5.69 Å². The van der Waals surface area contributed by atoms with Gasteiger partial charge in [-0.2, -0.15) is 0 Å². The number of imide groups is 1. The molecule has 0 saturated carbocycles. The number of carbonyl (C=O) groups excluding carboxylic acids is 3. The number of halogens is 2. The van der Waals surface area contributed by atoms with Gasteiger partial charge in [-0.1, -0.05) is 47.5 Å². The van der Waals surface area contributed by atoms with Crippen molar-refractivity contribution < 1.29 is 14.4 Å². The van der Waals surface area contributed by atoms with Crippen molar-refractivity contribution in [2.24, 2.45) is 0 Å². The number of nitrogens with one attached hydrogen (secondary N) is 1. The summed E-state index contributed by atoms with van der Waals surface area (Å²) in [5.74, 6) is -0.982. The second-order valence-corrected chi connectivity index (χ2v) is 6.52. The summed E-state index contributed by atoms with van der Waals surface area (Å²) in [5, 5.41) is 3.06. The average Bonchev–Trinajstić information content (AvgIpc) is 2.83. The van der Waals surface area contributed by atoms with Crippen molar-refractivity contribution in [1.82, 2.24) is 4.90 Å². The highest BCUT2D eigenvalue weighted by atomic mass is 35.5. The Labute approximate surface area is 160 Å². The van der Waals surface area contributed by atoms with E-state index in [4.69, 9.17) is 23.2 Å². The number of hydrogen-bond acceptors (Lipinski definition) is 3. The first-order chi connectivity index (χ1) is 12.4. The van der Waals surface area contributed by atoms with Gasteiger partial charge in [0.05, 0.1) is 15.7 Å². The molecule has 0 bridgehead atoms. The maximum absolute atomic E-state index is 12.6. The van der Waals surface area contributed by atoms with Crippen LogP contribution in [0.4, 0.5) is 16.2 Å². The Hall–Kier alpha value is -2.57. The molecule has 1 aliphatic heterocycles. The van der Waals surface area contributed by atoms with Crippen LogP contribution in [0.1, 0.15) is 6.92 Å². The number of hydrogen-bond donors (Lipinski definition) is 1. The molecule has 2 aromatic carbocycles. The number of benzene rings is 2. The lowest BCUT2D eigenvalue weighted by Crippen LogP contribution is -2.39. The quantitative estimate of drug-likeness (QED) is 0.805. The van der Waals surface area contributed by atoms with E-state index in [0.29, 0.717) is 16.4 Å². The Balaban J connectivity index is 1.75. The highest BCUT2D eigenvalue weighted by Gasteiger charge is 2.44. The maximum Gasteiger partial charge on any atom is 0.332 e. The van der Waals surface area contributed by atoms with Gasteiger partial charge in [-0.05, 0) is 31.2 Å². The highest BCUT2D eigenvalue weighted by molar-refractivity contribution is 6.44. The van der Waals surface area contributed by atoms with Crippen molar-refractivity contribution in [2.75, 3.05) is 16.8 Å². The lowest BCUT2D eigenvalue weighted by molar-refractivity contribution is -0.130. The van der Waals surface area contributed by atoms with Crippen molar-refractivity contribution in [2.45, 2.75) is 13.0 Å². The van der Waals surface area contributed by atoms with Gasteiger partial charge in [0.1, 0.15) is 12.6 Å². The molecular formula is C18H15Cl2N3O3. The highest BCUT2D eigenvalue weighted by Crippen LogP contribution is 2.30. The Kier molecular flexibility index (Phi) is 5.15. The van der Waals surface area contributed by atoms with E-state index in [1.807, 2.05) is 6.07 Å². The van der Waals surface area contributed by atoms with E-state index in [-0.39, 0.29) is 5.02 Å². The van der Waals surface area contributed by atoms with E-state index in [1.54, 1.807) is 49.4 Å². The van der Waals surface area contributed by atoms with Crippen molar-refractivity contribution in [3.8, 4) is 0 Å². The van der Waals surface area contributed by atoms with Crippen LogP contribution in [-0.4, -0.2) is 35.3 Å². The number of para-hydroxylation sites is 1. The minimum atomic E-state index is -0.688. The van der Waals surface area contributed by atoms with E-state index in [1.165, 1.54) is 4.90 Å². The smallest absolute Gasteiger partial charge is 0.323 e. The predicted molar refractivity (Wildman–Crippen MR) is 101 cm³/mol. The summed E-state index contributed by atoms with van der Waals surface area (Å²) in [5.41, 5.74) is 0.912. The van der Waals surface area contributed by atoms with Gasteiger partial charge in [-0.25, -0.2) is 4.79 Å². The molecule has 0 radical (unpaired) electrons. The molecule has 3 rings (SSSR count). The molecule has 6 nitrogen and oxygen atoms in total. The van der Waals surface area contributed by atoms with Crippen molar-refractivity contribution >= 4 is 52.4 Å². The maximum atomic E-state index is 12.6. The summed E-state index contributed by atoms with van der Waals surface area (Å²) in [6, 6.07) is 12.4. The van der Waals surface area contributed by atoms with Crippen molar-refractivity contribution in [3.05, 3.63) is 58.6 Å². The van der Waals surface area contributed by atoms with Crippen LogP contribution in [0.2, 0.25) is 10.0 Å². The Morgan fingerprint density at radius 2 is 1.77 bits per heavy atom. The monoisotopic (exact) mass is 391 g/mol. The largest absolute Gasteiger partial charge is 0.332 e. The molecule has 134 valence electrons. The molecule has 0 aromatic heterocycles. The Morgan fingerprint density at radius 1 is 1.08 bits per heavy atom. The molecule has 4 amide bonds. The van der Waals surface area contributed by atoms with Gasteiger partial charge < -0.3 is 5.32 Å². The second kappa shape index (κ2) is 7.35. The van der Waals surface area contributed by atoms with Crippen LogP contribution < -0.4 is 10.2 Å². The molecule has 0 aliphatic carbocycles. The van der Waals surface area contributed by atoms with Crippen LogP contribution in [0.5, 0.6) is 0 Å². The summed E-state index contributed by atoms with van der Waals surface area (Å²) >= 11 is 11.9.